The van der Waals surface area contributed by atoms with Crippen LogP contribution in [0.1, 0.15) is 18.4 Å². The first-order chi connectivity index (χ1) is 10.7. The molecule has 1 aliphatic heterocycles. The summed E-state index contributed by atoms with van der Waals surface area (Å²) in [7, 11) is 0. The highest BCUT2D eigenvalue weighted by Crippen LogP contribution is 2.17. The highest BCUT2D eigenvalue weighted by molar-refractivity contribution is 9.10. The van der Waals surface area contributed by atoms with Crippen LogP contribution in [0.4, 0.5) is 5.82 Å². The van der Waals surface area contributed by atoms with Crippen molar-refractivity contribution in [2.75, 3.05) is 18.4 Å². The third-order valence-corrected chi connectivity index (χ3v) is 4.39. The van der Waals surface area contributed by atoms with Gasteiger partial charge in [0.25, 0.3) is 0 Å². The molecule has 7 heteroatoms. The van der Waals surface area contributed by atoms with E-state index in [4.69, 9.17) is 0 Å². The van der Waals surface area contributed by atoms with Crippen molar-refractivity contribution in [1.29, 1.82) is 0 Å². The van der Waals surface area contributed by atoms with Gasteiger partial charge in [0.1, 0.15) is 5.82 Å². The SMILES string of the molecule is Cl.O=C(Nc1ccnn1Cc1cccc(Br)c1)C1CCNCC1. The van der Waals surface area contributed by atoms with Crippen molar-refractivity contribution in [3.05, 3.63) is 46.6 Å². The van der Waals surface area contributed by atoms with Crippen molar-refractivity contribution in [3.8, 4) is 0 Å². The molecule has 0 spiro atoms. The summed E-state index contributed by atoms with van der Waals surface area (Å²) in [5, 5.41) is 10.6. The fraction of sp³-hybridized carbons (Fsp3) is 0.375. The Morgan fingerprint density at radius 1 is 1.35 bits per heavy atom. The van der Waals surface area contributed by atoms with E-state index < -0.39 is 0 Å². The molecule has 0 radical (unpaired) electrons. The van der Waals surface area contributed by atoms with Gasteiger partial charge in [0.05, 0.1) is 12.7 Å². The van der Waals surface area contributed by atoms with Gasteiger partial charge in [-0.2, -0.15) is 5.10 Å². The number of nitrogens with zero attached hydrogens (tertiary/aromatic N) is 2. The highest BCUT2D eigenvalue weighted by atomic mass is 79.9. The summed E-state index contributed by atoms with van der Waals surface area (Å²) in [6, 6.07) is 9.93. The minimum Gasteiger partial charge on any atom is -0.317 e. The fourth-order valence-electron chi connectivity index (χ4n) is 2.69. The predicted molar refractivity (Wildman–Crippen MR) is 96.9 cm³/mol. The third kappa shape index (κ3) is 4.80. The zero-order valence-corrected chi connectivity index (χ0v) is 15.1. The Labute approximate surface area is 150 Å². The van der Waals surface area contributed by atoms with Crippen LogP contribution < -0.4 is 10.6 Å². The van der Waals surface area contributed by atoms with Crippen molar-refractivity contribution in [1.82, 2.24) is 15.1 Å². The number of anilines is 1. The lowest BCUT2D eigenvalue weighted by molar-refractivity contribution is -0.120. The minimum absolute atomic E-state index is 0. The van der Waals surface area contributed by atoms with Crippen LogP contribution in [0.25, 0.3) is 0 Å². The van der Waals surface area contributed by atoms with E-state index in [0.29, 0.717) is 6.54 Å². The third-order valence-electron chi connectivity index (χ3n) is 3.90. The second-order valence-corrected chi connectivity index (χ2v) is 6.43. The van der Waals surface area contributed by atoms with Crippen molar-refractivity contribution in [2.45, 2.75) is 19.4 Å². The molecular formula is C16H20BrClN4O. The molecule has 23 heavy (non-hydrogen) atoms. The molecule has 1 saturated heterocycles. The molecule has 2 N–H and O–H groups in total. The number of hydrogen-bond acceptors (Lipinski definition) is 3. The van der Waals surface area contributed by atoms with Gasteiger partial charge >= 0.3 is 0 Å². The van der Waals surface area contributed by atoms with E-state index in [-0.39, 0.29) is 24.2 Å². The molecule has 0 bridgehead atoms. The molecule has 1 amide bonds. The molecule has 1 aliphatic rings. The summed E-state index contributed by atoms with van der Waals surface area (Å²) in [6.07, 6.45) is 3.51. The van der Waals surface area contributed by atoms with Crippen LogP contribution in [0.15, 0.2) is 41.0 Å². The lowest BCUT2D eigenvalue weighted by Gasteiger charge is -2.21. The summed E-state index contributed by atoms with van der Waals surface area (Å²) in [5.74, 6) is 0.941. The van der Waals surface area contributed by atoms with Crippen LogP contribution in [-0.2, 0) is 11.3 Å². The van der Waals surface area contributed by atoms with Crippen LogP contribution in [0.3, 0.4) is 0 Å². The van der Waals surface area contributed by atoms with Crippen LogP contribution in [-0.4, -0.2) is 28.8 Å². The van der Waals surface area contributed by atoms with Gasteiger partial charge in [-0.05, 0) is 43.6 Å². The number of aromatic nitrogens is 2. The Bertz CT molecular complexity index is 655. The van der Waals surface area contributed by atoms with E-state index in [1.807, 2.05) is 28.9 Å². The number of carbonyl (C=O) groups is 1. The van der Waals surface area contributed by atoms with Crippen molar-refractivity contribution in [2.24, 2.45) is 5.92 Å². The summed E-state index contributed by atoms with van der Waals surface area (Å²) in [4.78, 5) is 12.3. The number of halogens is 2. The number of carbonyl (C=O) groups excluding carboxylic acids is 1. The predicted octanol–water partition coefficient (Wildman–Crippen LogP) is 3.05. The first kappa shape index (κ1) is 18.0. The molecule has 1 aromatic heterocycles. The van der Waals surface area contributed by atoms with Crippen molar-refractivity contribution >= 4 is 40.1 Å². The number of nitrogens with one attached hydrogen (secondary N) is 2. The molecule has 1 fully saturated rings. The lowest BCUT2D eigenvalue weighted by Crippen LogP contribution is -2.35. The lowest BCUT2D eigenvalue weighted by atomic mass is 9.97. The van der Waals surface area contributed by atoms with Gasteiger partial charge in [0.15, 0.2) is 0 Å². The first-order valence-electron chi connectivity index (χ1n) is 7.50. The van der Waals surface area contributed by atoms with E-state index >= 15 is 0 Å². The monoisotopic (exact) mass is 398 g/mol. The molecule has 0 aliphatic carbocycles. The van der Waals surface area contributed by atoms with E-state index in [2.05, 4.69) is 37.7 Å². The second-order valence-electron chi connectivity index (χ2n) is 5.52. The van der Waals surface area contributed by atoms with E-state index in [1.165, 1.54) is 0 Å². The molecule has 5 nitrogen and oxygen atoms in total. The molecule has 124 valence electrons. The average molecular weight is 400 g/mol. The highest BCUT2D eigenvalue weighted by Gasteiger charge is 2.21. The maximum atomic E-state index is 12.3. The van der Waals surface area contributed by atoms with Gasteiger partial charge in [0.2, 0.25) is 5.91 Å². The maximum Gasteiger partial charge on any atom is 0.228 e. The Balaban J connectivity index is 0.00000192. The standard InChI is InChI=1S/C16H19BrN4O.ClH/c17-14-3-1-2-12(10-14)11-21-15(6-9-19-21)20-16(22)13-4-7-18-8-5-13;/h1-3,6,9-10,13,18H,4-5,7-8,11H2,(H,20,22);1H. The molecule has 2 heterocycles. The second kappa shape index (κ2) is 8.47. The zero-order valence-electron chi connectivity index (χ0n) is 12.7. The topological polar surface area (TPSA) is 59.0 Å². The molecule has 0 atom stereocenters. The quantitative estimate of drug-likeness (QED) is 0.831. The molecule has 3 rings (SSSR count). The largest absolute Gasteiger partial charge is 0.317 e. The van der Waals surface area contributed by atoms with E-state index in [9.17, 15) is 4.79 Å². The number of hydrogen-bond donors (Lipinski definition) is 2. The Kier molecular flexibility index (Phi) is 6.62. The van der Waals surface area contributed by atoms with Gasteiger partial charge in [0, 0.05) is 16.5 Å². The molecule has 2 aromatic rings. The Hall–Kier alpha value is -1.37. The molecule has 0 saturated carbocycles. The zero-order chi connectivity index (χ0) is 15.4. The van der Waals surface area contributed by atoms with E-state index in [1.54, 1.807) is 6.20 Å². The van der Waals surface area contributed by atoms with Gasteiger partial charge in [-0.15, -0.1) is 12.4 Å². The van der Waals surface area contributed by atoms with Crippen LogP contribution >= 0.6 is 28.3 Å². The molecule has 1 aromatic carbocycles. The molecular weight excluding hydrogens is 380 g/mol. The van der Waals surface area contributed by atoms with Gasteiger partial charge in [-0.25, -0.2) is 4.68 Å². The fourth-order valence-corrected chi connectivity index (χ4v) is 3.13. The Morgan fingerprint density at radius 3 is 2.87 bits per heavy atom. The smallest absolute Gasteiger partial charge is 0.228 e. The average Bonchev–Trinajstić information content (AvgIpc) is 2.95. The molecule has 0 unspecified atom stereocenters. The summed E-state index contributed by atoms with van der Waals surface area (Å²) in [5.41, 5.74) is 1.13. The van der Waals surface area contributed by atoms with Gasteiger partial charge < -0.3 is 10.6 Å². The summed E-state index contributed by atoms with van der Waals surface area (Å²) in [6.45, 7) is 2.46. The van der Waals surface area contributed by atoms with E-state index in [0.717, 1.165) is 41.8 Å². The van der Waals surface area contributed by atoms with Crippen molar-refractivity contribution < 1.29 is 4.79 Å². The van der Waals surface area contributed by atoms with Crippen LogP contribution in [0.2, 0.25) is 0 Å². The summed E-state index contributed by atoms with van der Waals surface area (Å²) >= 11 is 3.47. The van der Waals surface area contributed by atoms with Gasteiger partial charge in [-0.1, -0.05) is 28.1 Å². The number of amides is 1. The number of benzene rings is 1. The summed E-state index contributed by atoms with van der Waals surface area (Å²) < 4.78 is 2.86. The Morgan fingerprint density at radius 2 is 2.13 bits per heavy atom. The normalized spacial score (nSPS) is 15.0. The van der Waals surface area contributed by atoms with Gasteiger partial charge in [-0.3, -0.25) is 4.79 Å². The minimum atomic E-state index is 0. The first-order valence-corrected chi connectivity index (χ1v) is 8.29. The number of piperidine rings is 1. The van der Waals surface area contributed by atoms with Crippen LogP contribution in [0.5, 0.6) is 0 Å². The number of rotatable bonds is 4. The maximum absolute atomic E-state index is 12.3. The van der Waals surface area contributed by atoms with Crippen LogP contribution in [0, 0.1) is 5.92 Å². The van der Waals surface area contributed by atoms with Crippen molar-refractivity contribution in [3.63, 3.8) is 0 Å².